The van der Waals surface area contributed by atoms with Gasteiger partial charge in [0.2, 0.25) is 0 Å². The van der Waals surface area contributed by atoms with Gasteiger partial charge in [0.15, 0.2) is 0 Å². The second kappa shape index (κ2) is 3.75. The highest BCUT2D eigenvalue weighted by Gasteiger charge is 2.33. The lowest BCUT2D eigenvalue weighted by atomic mass is 9.93. The van der Waals surface area contributed by atoms with Crippen LogP contribution < -0.4 is 5.73 Å². The van der Waals surface area contributed by atoms with Gasteiger partial charge in [-0.05, 0) is 13.0 Å². The minimum atomic E-state index is -1.44. The molecule has 0 aliphatic carbocycles. The third-order valence-electron chi connectivity index (χ3n) is 2.04. The van der Waals surface area contributed by atoms with Crippen molar-refractivity contribution in [3.8, 4) is 0 Å². The van der Waals surface area contributed by atoms with Gasteiger partial charge in [-0.3, -0.25) is 0 Å². The van der Waals surface area contributed by atoms with Crippen molar-refractivity contribution in [1.29, 1.82) is 0 Å². The summed E-state index contributed by atoms with van der Waals surface area (Å²) in [6.07, 6.45) is 0. The molecule has 1 rings (SSSR count). The highest BCUT2D eigenvalue weighted by atomic mass is 19.1. The maximum absolute atomic E-state index is 13.3. The molecule has 1 aromatic rings. The zero-order valence-electron chi connectivity index (χ0n) is 8.08. The molecule has 0 aliphatic rings. The summed E-state index contributed by atoms with van der Waals surface area (Å²) >= 11 is 0. The Morgan fingerprint density at radius 1 is 1.50 bits per heavy atom. The molecule has 0 amide bonds. The van der Waals surface area contributed by atoms with Gasteiger partial charge in [0.25, 0.3) is 0 Å². The largest absolute Gasteiger partial charge is 0.467 e. The van der Waals surface area contributed by atoms with Crippen LogP contribution in [0.3, 0.4) is 0 Å². The molecule has 0 fully saturated rings. The lowest BCUT2D eigenvalue weighted by molar-refractivity contribution is -0.146. The van der Waals surface area contributed by atoms with E-state index in [1.54, 1.807) is 6.07 Å². The summed E-state index contributed by atoms with van der Waals surface area (Å²) in [5.74, 6) is -1.18. The topological polar surface area (TPSA) is 52.3 Å². The Kier molecular flexibility index (Phi) is 2.86. The van der Waals surface area contributed by atoms with Crippen LogP contribution in [0.15, 0.2) is 24.3 Å². The molecule has 1 atom stereocenters. The van der Waals surface area contributed by atoms with Crippen LogP contribution in [0.2, 0.25) is 0 Å². The molecule has 0 heterocycles. The second-order valence-corrected chi connectivity index (χ2v) is 3.17. The summed E-state index contributed by atoms with van der Waals surface area (Å²) in [5, 5.41) is 0. The van der Waals surface area contributed by atoms with Crippen molar-refractivity contribution in [2.24, 2.45) is 5.73 Å². The summed E-state index contributed by atoms with van der Waals surface area (Å²) in [7, 11) is 1.22. The minimum Gasteiger partial charge on any atom is -0.467 e. The Labute approximate surface area is 81.7 Å². The highest BCUT2D eigenvalue weighted by Crippen LogP contribution is 2.21. The van der Waals surface area contributed by atoms with Crippen LogP contribution in [0.4, 0.5) is 4.39 Å². The summed E-state index contributed by atoms with van der Waals surface area (Å²) in [6, 6.07) is 5.87. The van der Waals surface area contributed by atoms with Gasteiger partial charge in [-0.25, -0.2) is 9.18 Å². The van der Waals surface area contributed by atoms with E-state index in [4.69, 9.17) is 5.73 Å². The first-order chi connectivity index (χ1) is 6.50. The average molecular weight is 197 g/mol. The predicted molar refractivity (Wildman–Crippen MR) is 50.0 cm³/mol. The summed E-state index contributed by atoms with van der Waals surface area (Å²) < 4.78 is 17.8. The molecule has 0 aromatic heterocycles. The normalized spacial score (nSPS) is 14.6. The molecule has 0 aliphatic heterocycles. The number of hydrogen-bond acceptors (Lipinski definition) is 3. The maximum Gasteiger partial charge on any atom is 0.330 e. The standard InChI is InChI=1S/C10H12FNO2/c1-10(12,9(13)14-2)7-5-3-4-6-8(7)11/h3-6H,12H2,1-2H3/t10-/m1/s1. The van der Waals surface area contributed by atoms with Crippen molar-refractivity contribution in [3.63, 3.8) is 0 Å². The molecule has 14 heavy (non-hydrogen) atoms. The first-order valence-corrected chi connectivity index (χ1v) is 4.12. The number of carbonyl (C=O) groups is 1. The third-order valence-corrected chi connectivity index (χ3v) is 2.04. The van der Waals surface area contributed by atoms with E-state index in [-0.39, 0.29) is 5.56 Å². The van der Waals surface area contributed by atoms with Crippen LogP contribution >= 0.6 is 0 Å². The van der Waals surface area contributed by atoms with Crippen molar-refractivity contribution in [2.75, 3.05) is 7.11 Å². The number of nitrogens with two attached hydrogens (primary N) is 1. The van der Waals surface area contributed by atoms with Crippen LogP contribution in [0, 0.1) is 5.82 Å². The van der Waals surface area contributed by atoms with Gasteiger partial charge in [0, 0.05) is 5.56 Å². The predicted octanol–water partition coefficient (Wildman–Crippen LogP) is 1.17. The summed E-state index contributed by atoms with van der Waals surface area (Å²) in [4.78, 5) is 11.3. The lowest BCUT2D eigenvalue weighted by Crippen LogP contribution is -2.43. The Morgan fingerprint density at radius 3 is 2.57 bits per heavy atom. The Morgan fingerprint density at radius 2 is 2.07 bits per heavy atom. The molecule has 0 saturated heterocycles. The van der Waals surface area contributed by atoms with Crippen molar-refractivity contribution >= 4 is 5.97 Å². The smallest absolute Gasteiger partial charge is 0.330 e. The van der Waals surface area contributed by atoms with Crippen molar-refractivity contribution in [1.82, 2.24) is 0 Å². The zero-order chi connectivity index (χ0) is 10.8. The lowest BCUT2D eigenvalue weighted by Gasteiger charge is -2.22. The summed E-state index contributed by atoms with van der Waals surface area (Å²) in [6.45, 7) is 1.41. The number of halogens is 1. The zero-order valence-corrected chi connectivity index (χ0v) is 8.08. The van der Waals surface area contributed by atoms with Gasteiger partial charge in [0.1, 0.15) is 11.4 Å². The number of benzene rings is 1. The molecular weight excluding hydrogens is 185 g/mol. The quantitative estimate of drug-likeness (QED) is 0.724. The summed E-state index contributed by atoms with van der Waals surface area (Å²) in [5.41, 5.74) is 4.37. The molecule has 0 unspecified atom stereocenters. The van der Waals surface area contributed by atoms with Crippen molar-refractivity contribution in [3.05, 3.63) is 35.6 Å². The van der Waals surface area contributed by atoms with Gasteiger partial charge >= 0.3 is 5.97 Å². The average Bonchev–Trinajstić information content (AvgIpc) is 2.17. The fourth-order valence-corrected chi connectivity index (χ4v) is 1.20. The molecule has 0 saturated carbocycles. The maximum atomic E-state index is 13.3. The molecule has 4 heteroatoms. The molecule has 1 aromatic carbocycles. The van der Waals surface area contributed by atoms with Gasteiger partial charge < -0.3 is 10.5 Å². The Balaban J connectivity index is 3.16. The Hall–Kier alpha value is -1.42. The minimum absolute atomic E-state index is 0.131. The highest BCUT2D eigenvalue weighted by molar-refractivity contribution is 5.81. The van der Waals surface area contributed by atoms with E-state index in [1.807, 2.05) is 0 Å². The Bertz CT molecular complexity index is 350. The van der Waals surface area contributed by atoms with E-state index < -0.39 is 17.3 Å². The van der Waals surface area contributed by atoms with E-state index in [9.17, 15) is 9.18 Å². The molecule has 0 radical (unpaired) electrons. The number of esters is 1. The van der Waals surface area contributed by atoms with E-state index in [0.717, 1.165) is 0 Å². The van der Waals surface area contributed by atoms with Crippen LogP contribution in [0.1, 0.15) is 12.5 Å². The van der Waals surface area contributed by atoms with Gasteiger partial charge in [-0.1, -0.05) is 18.2 Å². The van der Waals surface area contributed by atoms with Crippen molar-refractivity contribution < 1.29 is 13.9 Å². The van der Waals surface area contributed by atoms with Crippen LogP contribution in [-0.2, 0) is 15.1 Å². The fourth-order valence-electron chi connectivity index (χ4n) is 1.20. The monoisotopic (exact) mass is 197 g/mol. The van der Waals surface area contributed by atoms with E-state index in [2.05, 4.69) is 4.74 Å². The first-order valence-electron chi connectivity index (χ1n) is 4.12. The van der Waals surface area contributed by atoms with Gasteiger partial charge in [-0.2, -0.15) is 0 Å². The van der Waals surface area contributed by atoms with Gasteiger partial charge in [-0.15, -0.1) is 0 Å². The second-order valence-electron chi connectivity index (χ2n) is 3.17. The molecule has 3 nitrogen and oxygen atoms in total. The first kappa shape index (κ1) is 10.7. The van der Waals surface area contributed by atoms with Gasteiger partial charge in [0.05, 0.1) is 7.11 Å². The number of methoxy groups -OCH3 is 1. The molecule has 0 spiro atoms. The number of carbonyl (C=O) groups excluding carboxylic acids is 1. The van der Waals surface area contributed by atoms with E-state index in [1.165, 1.54) is 32.2 Å². The van der Waals surface area contributed by atoms with Crippen molar-refractivity contribution in [2.45, 2.75) is 12.5 Å². The molecular formula is C10H12FNO2. The SMILES string of the molecule is COC(=O)[C@](C)(N)c1ccccc1F. The van der Waals surface area contributed by atoms with Crippen LogP contribution in [0.25, 0.3) is 0 Å². The van der Waals surface area contributed by atoms with E-state index >= 15 is 0 Å². The fraction of sp³-hybridized carbons (Fsp3) is 0.300. The molecule has 2 N–H and O–H groups in total. The number of ether oxygens (including phenoxy) is 1. The molecule has 76 valence electrons. The molecule has 0 bridgehead atoms. The number of hydrogen-bond donors (Lipinski definition) is 1. The third kappa shape index (κ3) is 1.75. The van der Waals surface area contributed by atoms with Crippen LogP contribution in [-0.4, -0.2) is 13.1 Å². The van der Waals surface area contributed by atoms with Crippen LogP contribution in [0.5, 0.6) is 0 Å². The number of rotatable bonds is 2. The van der Waals surface area contributed by atoms with E-state index in [0.29, 0.717) is 0 Å².